The van der Waals surface area contributed by atoms with Crippen molar-refractivity contribution in [2.75, 3.05) is 19.7 Å². The van der Waals surface area contributed by atoms with Crippen LogP contribution in [0.25, 0.3) is 0 Å². The van der Waals surface area contributed by atoms with Crippen molar-refractivity contribution in [1.82, 2.24) is 10.2 Å². The molecule has 24 heavy (non-hydrogen) atoms. The van der Waals surface area contributed by atoms with E-state index in [1.807, 2.05) is 34.5 Å². The minimum Gasteiger partial charge on any atom is -0.396 e. The van der Waals surface area contributed by atoms with Gasteiger partial charge in [-0.05, 0) is 42.2 Å². The van der Waals surface area contributed by atoms with Gasteiger partial charge in [0.2, 0.25) is 0 Å². The van der Waals surface area contributed by atoms with Gasteiger partial charge in [0.25, 0.3) is 0 Å². The zero-order valence-electron chi connectivity index (χ0n) is 13.7. The lowest BCUT2D eigenvalue weighted by molar-refractivity contribution is 0.135. The van der Waals surface area contributed by atoms with E-state index in [1.165, 1.54) is 10.4 Å². The summed E-state index contributed by atoms with van der Waals surface area (Å²) < 4.78 is 0. The summed E-state index contributed by atoms with van der Waals surface area (Å²) in [6.45, 7) is 1.67. The minimum absolute atomic E-state index is 0.000668. The highest BCUT2D eigenvalue weighted by molar-refractivity contribution is 7.10. The van der Waals surface area contributed by atoms with Crippen molar-refractivity contribution in [3.63, 3.8) is 0 Å². The van der Waals surface area contributed by atoms with E-state index in [0.29, 0.717) is 5.92 Å². The maximum absolute atomic E-state index is 12.6. The van der Waals surface area contributed by atoms with Gasteiger partial charge in [-0.1, -0.05) is 36.4 Å². The van der Waals surface area contributed by atoms with Crippen molar-refractivity contribution in [2.24, 2.45) is 5.92 Å². The Labute approximate surface area is 147 Å². The van der Waals surface area contributed by atoms with Gasteiger partial charge < -0.3 is 15.3 Å². The van der Waals surface area contributed by atoms with Crippen molar-refractivity contribution < 1.29 is 9.90 Å². The highest BCUT2D eigenvalue weighted by atomic mass is 32.1. The molecule has 2 N–H and O–H groups in total. The van der Waals surface area contributed by atoms with E-state index >= 15 is 0 Å². The van der Waals surface area contributed by atoms with Crippen LogP contribution in [0.4, 0.5) is 4.79 Å². The molecular weight excluding hydrogens is 320 g/mol. The number of nitrogens with zero attached hydrogens (tertiary/aromatic N) is 1. The number of aliphatic hydroxyl groups excluding tert-OH is 1. The van der Waals surface area contributed by atoms with Crippen LogP contribution < -0.4 is 5.32 Å². The van der Waals surface area contributed by atoms with Gasteiger partial charge >= 0.3 is 6.03 Å². The number of nitrogens with one attached hydrogen (secondary N) is 1. The molecule has 3 rings (SSSR count). The summed E-state index contributed by atoms with van der Waals surface area (Å²) in [7, 11) is 0. The second-order valence-electron chi connectivity index (χ2n) is 6.32. The smallest absolute Gasteiger partial charge is 0.317 e. The number of rotatable bonds is 5. The van der Waals surface area contributed by atoms with Crippen molar-refractivity contribution >= 4 is 17.4 Å². The molecule has 4 nitrogen and oxygen atoms in total. The van der Waals surface area contributed by atoms with E-state index in [1.54, 1.807) is 11.3 Å². The van der Waals surface area contributed by atoms with Crippen molar-refractivity contribution in [2.45, 2.75) is 25.3 Å². The van der Waals surface area contributed by atoms with E-state index in [2.05, 4.69) is 23.5 Å². The first-order valence-corrected chi connectivity index (χ1v) is 9.38. The fourth-order valence-electron chi connectivity index (χ4n) is 3.12. The van der Waals surface area contributed by atoms with Crippen LogP contribution in [0.1, 0.15) is 29.3 Å². The summed E-state index contributed by atoms with van der Waals surface area (Å²) >= 11 is 1.68. The van der Waals surface area contributed by atoms with Crippen LogP contribution in [0.3, 0.4) is 0 Å². The van der Waals surface area contributed by atoms with E-state index in [4.69, 9.17) is 0 Å². The fourth-order valence-corrected chi connectivity index (χ4v) is 3.90. The monoisotopic (exact) mass is 344 g/mol. The summed E-state index contributed by atoms with van der Waals surface area (Å²) in [4.78, 5) is 15.7. The Kier molecular flexibility index (Phi) is 5.88. The molecule has 0 bridgehead atoms. The van der Waals surface area contributed by atoms with Crippen LogP contribution >= 0.6 is 11.3 Å². The highest BCUT2D eigenvalue weighted by Crippen LogP contribution is 2.24. The molecule has 2 aromatic rings. The topological polar surface area (TPSA) is 52.6 Å². The third kappa shape index (κ3) is 4.36. The Morgan fingerprint density at radius 2 is 1.96 bits per heavy atom. The summed E-state index contributed by atoms with van der Waals surface area (Å²) in [5.41, 5.74) is 1.22. The number of likely N-dealkylation sites (tertiary alicyclic amines) is 1. The third-order valence-corrected chi connectivity index (χ3v) is 5.61. The first-order valence-electron chi connectivity index (χ1n) is 8.50. The molecule has 1 fully saturated rings. The number of hydrogen-bond donors (Lipinski definition) is 2. The fraction of sp³-hybridized carbons (Fsp3) is 0.421. The van der Waals surface area contributed by atoms with Gasteiger partial charge in [0.15, 0.2) is 0 Å². The van der Waals surface area contributed by atoms with Crippen molar-refractivity contribution in [3.05, 3.63) is 58.3 Å². The van der Waals surface area contributed by atoms with Crippen LogP contribution in [0.2, 0.25) is 0 Å². The highest BCUT2D eigenvalue weighted by Gasteiger charge is 2.24. The molecule has 1 unspecified atom stereocenters. The van der Waals surface area contributed by atoms with E-state index < -0.39 is 0 Å². The molecular formula is C19H24N2O2S. The third-order valence-electron chi connectivity index (χ3n) is 4.63. The number of benzene rings is 1. The van der Waals surface area contributed by atoms with E-state index in [9.17, 15) is 9.90 Å². The number of urea groups is 1. The summed E-state index contributed by atoms with van der Waals surface area (Å²) in [5, 5.41) is 14.5. The van der Waals surface area contributed by atoms with Gasteiger partial charge in [0, 0.05) is 24.6 Å². The molecule has 2 heterocycles. The first kappa shape index (κ1) is 17.0. The molecule has 1 aromatic carbocycles. The van der Waals surface area contributed by atoms with Crippen LogP contribution in [0.15, 0.2) is 47.8 Å². The lowest BCUT2D eigenvalue weighted by atomic mass is 9.98. The van der Waals surface area contributed by atoms with Gasteiger partial charge in [-0.3, -0.25) is 0 Å². The number of carbonyl (C=O) groups is 1. The molecule has 1 saturated heterocycles. The van der Waals surface area contributed by atoms with Crippen LogP contribution in [-0.2, 0) is 6.42 Å². The number of carbonyl (C=O) groups excluding carboxylic acids is 1. The van der Waals surface area contributed by atoms with Gasteiger partial charge in [-0.25, -0.2) is 4.79 Å². The largest absolute Gasteiger partial charge is 0.396 e. The molecule has 128 valence electrons. The van der Waals surface area contributed by atoms with Gasteiger partial charge in [0.05, 0.1) is 6.04 Å². The van der Waals surface area contributed by atoms with E-state index in [-0.39, 0.29) is 18.7 Å². The summed E-state index contributed by atoms with van der Waals surface area (Å²) in [5.74, 6) is 0.339. The molecule has 0 aliphatic carbocycles. The number of aliphatic hydroxyl groups is 1. The normalized spacial score (nSPS) is 16.8. The molecule has 2 amide bonds. The molecule has 0 radical (unpaired) electrons. The molecule has 0 spiro atoms. The van der Waals surface area contributed by atoms with Crippen LogP contribution in [-0.4, -0.2) is 35.7 Å². The lowest BCUT2D eigenvalue weighted by Gasteiger charge is -2.32. The number of hydrogen-bond acceptors (Lipinski definition) is 3. The second-order valence-corrected chi connectivity index (χ2v) is 7.30. The average Bonchev–Trinajstić information content (AvgIpc) is 3.17. The Hall–Kier alpha value is -1.85. The quantitative estimate of drug-likeness (QED) is 0.873. The minimum atomic E-state index is -0.00420. The van der Waals surface area contributed by atoms with Crippen molar-refractivity contribution in [1.29, 1.82) is 0 Å². The Morgan fingerprint density at radius 1 is 1.21 bits per heavy atom. The number of piperidine rings is 1. The zero-order valence-corrected chi connectivity index (χ0v) is 14.5. The van der Waals surface area contributed by atoms with Crippen molar-refractivity contribution in [3.8, 4) is 0 Å². The maximum atomic E-state index is 12.6. The molecule has 0 saturated carbocycles. The molecule has 1 aromatic heterocycles. The predicted octanol–water partition coefficient (Wildman–Crippen LogP) is 3.45. The van der Waals surface area contributed by atoms with Crippen LogP contribution in [0, 0.1) is 5.92 Å². The van der Waals surface area contributed by atoms with Crippen LogP contribution in [0.5, 0.6) is 0 Å². The summed E-state index contributed by atoms with van der Waals surface area (Å²) in [6, 6.07) is 14.4. The lowest BCUT2D eigenvalue weighted by Crippen LogP contribution is -2.46. The average molecular weight is 344 g/mol. The van der Waals surface area contributed by atoms with Gasteiger partial charge in [0.1, 0.15) is 0 Å². The molecule has 1 aliphatic rings. The number of amides is 2. The Balaban J connectivity index is 1.65. The SMILES string of the molecule is O=C(NC(Cc1ccccc1)c1cccs1)N1CCC(CO)CC1. The van der Waals surface area contributed by atoms with Gasteiger partial charge in [-0.2, -0.15) is 0 Å². The standard InChI is InChI=1S/C19H24N2O2S/c22-14-16-8-10-21(11-9-16)19(23)20-17(18-7-4-12-24-18)13-15-5-2-1-3-6-15/h1-7,12,16-17,22H,8-11,13-14H2,(H,20,23). The number of thiophene rings is 1. The maximum Gasteiger partial charge on any atom is 0.317 e. The molecule has 5 heteroatoms. The summed E-state index contributed by atoms with van der Waals surface area (Å²) in [6.07, 6.45) is 2.55. The zero-order chi connectivity index (χ0) is 16.8. The Bertz CT molecular complexity index is 622. The molecule has 1 atom stereocenters. The van der Waals surface area contributed by atoms with E-state index in [0.717, 1.165) is 32.4 Å². The Morgan fingerprint density at radius 3 is 2.58 bits per heavy atom. The first-order chi connectivity index (χ1) is 11.8. The van der Waals surface area contributed by atoms with Gasteiger partial charge in [-0.15, -0.1) is 11.3 Å². The second kappa shape index (κ2) is 8.31. The predicted molar refractivity (Wildman–Crippen MR) is 97.1 cm³/mol. The molecule has 1 aliphatic heterocycles.